The monoisotopic (exact) mass is 457 g/mol. The average molecular weight is 458 g/mol. The van der Waals surface area contributed by atoms with Crippen molar-refractivity contribution in [3.8, 4) is 5.69 Å². The van der Waals surface area contributed by atoms with Crippen molar-refractivity contribution >= 4 is 40.5 Å². The van der Waals surface area contributed by atoms with E-state index in [0.717, 1.165) is 0 Å². The van der Waals surface area contributed by atoms with Gasteiger partial charge in [0.15, 0.2) is 0 Å². The van der Waals surface area contributed by atoms with Gasteiger partial charge in [-0.3, -0.25) is 14.5 Å². The number of nitrogens with one attached hydrogen (secondary N) is 1. The number of anilines is 2. The second kappa shape index (κ2) is 9.51. The fraction of sp³-hybridized carbons (Fsp3) is 0.227. The Morgan fingerprint density at radius 3 is 2.45 bits per heavy atom. The third kappa shape index (κ3) is 5.07. The molecular formula is C22H21Cl2N5O2. The van der Waals surface area contributed by atoms with Crippen molar-refractivity contribution in [2.75, 3.05) is 42.9 Å². The van der Waals surface area contributed by atoms with Crippen LogP contribution in [0.1, 0.15) is 0 Å². The van der Waals surface area contributed by atoms with Gasteiger partial charge < -0.3 is 10.2 Å². The maximum atomic E-state index is 12.7. The summed E-state index contributed by atoms with van der Waals surface area (Å²) in [6, 6.07) is 16.2. The number of hydrogen-bond acceptors (Lipinski definition) is 5. The number of rotatable bonds is 5. The van der Waals surface area contributed by atoms with Crippen LogP contribution in [0.5, 0.6) is 0 Å². The Balaban J connectivity index is 1.37. The zero-order valence-corrected chi connectivity index (χ0v) is 18.2. The lowest BCUT2D eigenvalue weighted by Crippen LogP contribution is -2.49. The largest absolute Gasteiger partial charge is 0.366 e. The summed E-state index contributed by atoms with van der Waals surface area (Å²) in [5.41, 5.74) is 1.60. The molecular weight excluding hydrogens is 437 g/mol. The van der Waals surface area contributed by atoms with Crippen molar-refractivity contribution in [2.24, 2.45) is 0 Å². The van der Waals surface area contributed by atoms with Gasteiger partial charge in [0, 0.05) is 36.9 Å². The quantitative estimate of drug-likeness (QED) is 0.636. The van der Waals surface area contributed by atoms with Gasteiger partial charge in [-0.1, -0.05) is 47.5 Å². The van der Waals surface area contributed by atoms with Gasteiger partial charge in [0.25, 0.3) is 5.56 Å². The summed E-state index contributed by atoms with van der Waals surface area (Å²) in [5, 5.41) is 7.87. The van der Waals surface area contributed by atoms with Crippen LogP contribution in [0.25, 0.3) is 5.69 Å². The van der Waals surface area contributed by atoms with Crippen molar-refractivity contribution < 1.29 is 4.79 Å². The summed E-state index contributed by atoms with van der Waals surface area (Å²) >= 11 is 12.4. The van der Waals surface area contributed by atoms with Crippen molar-refractivity contribution in [1.29, 1.82) is 0 Å². The molecule has 2 aromatic carbocycles. The van der Waals surface area contributed by atoms with E-state index in [0.29, 0.717) is 48.3 Å². The molecule has 0 saturated carbocycles. The molecule has 9 heteroatoms. The van der Waals surface area contributed by atoms with Crippen molar-refractivity contribution in [2.45, 2.75) is 0 Å². The second-order valence-electron chi connectivity index (χ2n) is 7.22. The van der Waals surface area contributed by atoms with Crippen LogP contribution in [-0.2, 0) is 4.79 Å². The van der Waals surface area contributed by atoms with E-state index in [1.807, 2.05) is 23.1 Å². The lowest BCUT2D eigenvalue weighted by atomic mass is 10.2. The molecule has 1 amide bonds. The predicted octanol–water partition coefficient (Wildman–Crippen LogP) is 3.30. The van der Waals surface area contributed by atoms with E-state index in [2.05, 4.69) is 15.3 Å². The van der Waals surface area contributed by atoms with E-state index in [1.165, 1.54) is 4.68 Å². The minimum absolute atomic E-state index is 0.0964. The molecule has 7 nitrogen and oxygen atoms in total. The fourth-order valence-electron chi connectivity index (χ4n) is 3.51. The highest BCUT2D eigenvalue weighted by atomic mass is 35.5. The summed E-state index contributed by atoms with van der Waals surface area (Å²) in [6.45, 7) is 2.89. The summed E-state index contributed by atoms with van der Waals surface area (Å²) in [6.07, 6.45) is 1.62. The van der Waals surface area contributed by atoms with E-state index in [-0.39, 0.29) is 23.0 Å². The van der Waals surface area contributed by atoms with Gasteiger partial charge in [-0.15, -0.1) is 0 Å². The number of para-hydroxylation sites is 1. The zero-order chi connectivity index (χ0) is 21.8. The topological polar surface area (TPSA) is 70.5 Å². The standard InChI is InChI=1S/C22H21Cl2N5O2/c23-16-5-4-6-17(13-16)26-20(30)15-27-9-11-28(12-10-27)19-14-25-29(22(31)21(19)24)18-7-2-1-3-8-18/h1-8,13-14H,9-12,15H2,(H,26,30). The Morgan fingerprint density at radius 2 is 1.74 bits per heavy atom. The van der Waals surface area contributed by atoms with Crippen LogP contribution in [0.15, 0.2) is 65.6 Å². The van der Waals surface area contributed by atoms with Crippen LogP contribution in [0.4, 0.5) is 11.4 Å². The molecule has 0 spiro atoms. The van der Waals surface area contributed by atoms with E-state index < -0.39 is 0 Å². The number of halogens is 2. The van der Waals surface area contributed by atoms with Gasteiger partial charge in [0.2, 0.25) is 5.91 Å². The van der Waals surface area contributed by atoms with Crippen LogP contribution in [0.2, 0.25) is 10.0 Å². The third-order valence-electron chi connectivity index (χ3n) is 5.09. The molecule has 1 aliphatic heterocycles. The Hall–Kier alpha value is -2.87. The predicted molar refractivity (Wildman–Crippen MR) is 124 cm³/mol. The molecule has 0 radical (unpaired) electrons. The normalized spacial score (nSPS) is 14.5. The molecule has 160 valence electrons. The number of carbonyl (C=O) groups is 1. The molecule has 31 heavy (non-hydrogen) atoms. The second-order valence-corrected chi connectivity index (χ2v) is 8.03. The molecule has 2 heterocycles. The summed E-state index contributed by atoms with van der Waals surface area (Å²) < 4.78 is 1.29. The van der Waals surface area contributed by atoms with Crippen molar-refractivity contribution in [1.82, 2.24) is 14.7 Å². The molecule has 0 unspecified atom stereocenters. The van der Waals surface area contributed by atoms with Gasteiger partial charge >= 0.3 is 0 Å². The molecule has 1 aromatic heterocycles. The molecule has 0 bridgehead atoms. The molecule has 1 fully saturated rings. The van der Waals surface area contributed by atoms with Gasteiger partial charge in [-0.25, -0.2) is 0 Å². The molecule has 1 aliphatic rings. The number of hydrogen-bond donors (Lipinski definition) is 1. The highest BCUT2D eigenvalue weighted by Gasteiger charge is 2.22. The smallest absolute Gasteiger partial charge is 0.292 e. The number of amides is 1. The van der Waals surface area contributed by atoms with E-state index >= 15 is 0 Å². The van der Waals surface area contributed by atoms with E-state index in [9.17, 15) is 9.59 Å². The number of aromatic nitrogens is 2. The Labute approximate surface area is 189 Å². The van der Waals surface area contributed by atoms with Gasteiger partial charge in [0.05, 0.1) is 24.1 Å². The minimum Gasteiger partial charge on any atom is -0.366 e. The number of benzene rings is 2. The number of piperazine rings is 1. The minimum atomic E-state index is -0.353. The SMILES string of the molecule is O=C(CN1CCN(c2cnn(-c3ccccc3)c(=O)c2Cl)CC1)Nc1cccc(Cl)c1. The highest BCUT2D eigenvalue weighted by Crippen LogP contribution is 2.23. The van der Waals surface area contributed by atoms with Gasteiger partial charge in [-0.2, -0.15) is 9.78 Å². The first kappa shape index (κ1) is 21.4. The molecule has 4 rings (SSSR count). The first-order valence-electron chi connectivity index (χ1n) is 9.87. The lowest BCUT2D eigenvalue weighted by Gasteiger charge is -2.35. The Bertz CT molecular complexity index is 1130. The summed E-state index contributed by atoms with van der Waals surface area (Å²) in [4.78, 5) is 29.1. The third-order valence-corrected chi connectivity index (χ3v) is 5.68. The van der Waals surface area contributed by atoms with E-state index in [4.69, 9.17) is 23.2 Å². The number of carbonyl (C=O) groups excluding carboxylic acids is 1. The zero-order valence-electron chi connectivity index (χ0n) is 16.7. The maximum Gasteiger partial charge on any atom is 0.292 e. The molecule has 1 saturated heterocycles. The molecule has 0 atom stereocenters. The van der Waals surface area contributed by atoms with Crippen LogP contribution in [-0.4, -0.2) is 53.3 Å². The molecule has 1 N–H and O–H groups in total. The highest BCUT2D eigenvalue weighted by molar-refractivity contribution is 6.33. The number of nitrogens with zero attached hydrogens (tertiary/aromatic N) is 4. The van der Waals surface area contributed by atoms with Gasteiger partial charge in [0.1, 0.15) is 5.02 Å². The van der Waals surface area contributed by atoms with Crippen LogP contribution in [0.3, 0.4) is 0 Å². The maximum absolute atomic E-state index is 12.7. The van der Waals surface area contributed by atoms with Crippen LogP contribution < -0.4 is 15.8 Å². The summed E-state index contributed by atoms with van der Waals surface area (Å²) in [7, 11) is 0. The Morgan fingerprint density at radius 1 is 1.00 bits per heavy atom. The molecule has 3 aromatic rings. The Kier molecular flexibility index (Phi) is 6.56. The average Bonchev–Trinajstić information content (AvgIpc) is 2.77. The van der Waals surface area contributed by atoms with E-state index in [1.54, 1.807) is 42.6 Å². The van der Waals surface area contributed by atoms with Crippen LogP contribution >= 0.6 is 23.2 Å². The van der Waals surface area contributed by atoms with Crippen molar-refractivity contribution in [3.05, 3.63) is 81.2 Å². The summed E-state index contributed by atoms with van der Waals surface area (Å²) in [5.74, 6) is -0.0964. The van der Waals surface area contributed by atoms with Gasteiger partial charge in [-0.05, 0) is 30.3 Å². The van der Waals surface area contributed by atoms with Crippen LogP contribution in [0, 0.1) is 0 Å². The molecule has 0 aliphatic carbocycles. The lowest BCUT2D eigenvalue weighted by molar-refractivity contribution is -0.117. The van der Waals surface area contributed by atoms with Crippen molar-refractivity contribution in [3.63, 3.8) is 0 Å². The fourth-order valence-corrected chi connectivity index (χ4v) is 3.95. The first-order valence-corrected chi connectivity index (χ1v) is 10.6. The first-order chi connectivity index (χ1) is 15.0.